The zero-order valence-corrected chi connectivity index (χ0v) is 52.6. The van der Waals surface area contributed by atoms with Crippen LogP contribution in [0.4, 0.5) is 0 Å². The van der Waals surface area contributed by atoms with Crippen molar-refractivity contribution in [3.05, 3.63) is 134 Å². The number of allylic oxidation sites excluding steroid dienone is 22. The van der Waals surface area contributed by atoms with Gasteiger partial charge in [-0.25, -0.2) is 0 Å². The van der Waals surface area contributed by atoms with Crippen molar-refractivity contribution in [2.75, 3.05) is 47.5 Å². The monoisotopic (exact) mass is 1130 g/mol. The molecule has 0 saturated heterocycles. The summed E-state index contributed by atoms with van der Waals surface area (Å²) >= 11 is 0. The van der Waals surface area contributed by atoms with Gasteiger partial charge < -0.3 is 27.9 Å². The zero-order valence-electron chi connectivity index (χ0n) is 51.7. The molecule has 0 radical (unpaired) electrons. The van der Waals surface area contributed by atoms with Crippen molar-refractivity contribution in [2.45, 2.75) is 251 Å². The summed E-state index contributed by atoms with van der Waals surface area (Å²) in [6.07, 6.45) is 86.5. The van der Waals surface area contributed by atoms with E-state index >= 15 is 0 Å². The number of quaternary nitrogens is 1. The molecular formula is C70H118NO8P. The van der Waals surface area contributed by atoms with Crippen LogP contribution >= 0.6 is 7.82 Å². The summed E-state index contributed by atoms with van der Waals surface area (Å²) in [7, 11) is 1.13. The molecule has 0 amide bonds. The molecule has 0 heterocycles. The number of phosphoric ester groups is 1. The molecule has 80 heavy (non-hydrogen) atoms. The first kappa shape index (κ1) is 76.1. The SMILES string of the molecule is CC/C=C\C/C=C\C/C=C\C/C=C\C/C=C\C/C=C\C/C=C\C/C=C\C/C=C\CCCCCC(=O)OC(COC(=O)CCCCCCCCCCCCCCC/C=C\C/C=C\CCCCCCC)COP(=O)([O-])OCC[N+](C)(C)C. The average Bonchev–Trinajstić information content (AvgIpc) is 3.42. The van der Waals surface area contributed by atoms with Crippen LogP contribution in [0.1, 0.15) is 245 Å². The lowest BCUT2D eigenvalue weighted by atomic mass is 10.0. The smallest absolute Gasteiger partial charge is 0.306 e. The molecular weight excluding hydrogens is 1010 g/mol. The van der Waals surface area contributed by atoms with E-state index in [1.54, 1.807) is 0 Å². The fourth-order valence-corrected chi connectivity index (χ4v) is 9.00. The number of carbonyl (C=O) groups excluding carboxylic acids is 2. The maximum atomic E-state index is 12.8. The van der Waals surface area contributed by atoms with Crippen LogP contribution in [0, 0.1) is 0 Å². The van der Waals surface area contributed by atoms with Gasteiger partial charge in [0.05, 0.1) is 27.7 Å². The van der Waals surface area contributed by atoms with Gasteiger partial charge in [0.15, 0.2) is 6.10 Å². The van der Waals surface area contributed by atoms with E-state index in [2.05, 4.69) is 148 Å². The predicted molar refractivity (Wildman–Crippen MR) is 341 cm³/mol. The van der Waals surface area contributed by atoms with E-state index in [0.717, 1.165) is 103 Å². The molecule has 0 spiro atoms. The van der Waals surface area contributed by atoms with Gasteiger partial charge in [0.1, 0.15) is 19.8 Å². The number of ether oxygens (including phenoxy) is 2. The Bertz CT molecular complexity index is 1810. The Labute approximate surface area is 491 Å². The molecule has 456 valence electrons. The van der Waals surface area contributed by atoms with Crippen molar-refractivity contribution in [1.82, 2.24) is 0 Å². The molecule has 0 aliphatic heterocycles. The van der Waals surface area contributed by atoms with Crippen LogP contribution in [-0.4, -0.2) is 70.0 Å². The number of unbranched alkanes of at least 4 members (excludes halogenated alkanes) is 21. The highest BCUT2D eigenvalue weighted by Gasteiger charge is 2.22. The van der Waals surface area contributed by atoms with E-state index in [1.807, 2.05) is 21.1 Å². The minimum absolute atomic E-state index is 0.0448. The van der Waals surface area contributed by atoms with Crippen LogP contribution in [0.5, 0.6) is 0 Å². The quantitative estimate of drug-likeness (QED) is 0.0195. The normalized spacial score (nSPS) is 14.1. The maximum Gasteiger partial charge on any atom is 0.306 e. The Balaban J connectivity index is 4.24. The van der Waals surface area contributed by atoms with Gasteiger partial charge in [-0.15, -0.1) is 0 Å². The van der Waals surface area contributed by atoms with Gasteiger partial charge in [0.25, 0.3) is 7.82 Å². The van der Waals surface area contributed by atoms with Crippen molar-refractivity contribution in [3.8, 4) is 0 Å². The van der Waals surface area contributed by atoms with E-state index in [9.17, 15) is 19.0 Å². The number of likely N-dealkylation sites (N-methyl/N-ethyl adjacent to an activating group) is 1. The lowest BCUT2D eigenvalue weighted by Gasteiger charge is -2.28. The van der Waals surface area contributed by atoms with Gasteiger partial charge in [0.2, 0.25) is 0 Å². The zero-order chi connectivity index (χ0) is 58.4. The van der Waals surface area contributed by atoms with Crippen molar-refractivity contribution in [1.29, 1.82) is 0 Å². The lowest BCUT2D eigenvalue weighted by Crippen LogP contribution is -2.37. The van der Waals surface area contributed by atoms with Gasteiger partial charge in [-0.1, -0.05) is 250 Å². The largest absolute Gasteiger partial charge is 0.756 e. The third kappa shape index (κ3) is 63.3. The van der Waals surface area contributed by atoms with E-state index in [4.69, 9.17) is 18.5 Å². The van der Waals surface area contributed by atoms with Gasteiger partial charge in [-0.05, 0) is 116 Å². The first-order chi connectivity index (χ1) is 39.0. The number of hydrogen-bond acceptors (Lipinski definition) is 8. The highest BCUT2D eigenvalue weighted by atomic mass is 31.2. The number of phosphoric acid groups is 1. The van der Waals surface area contributed by atoms with Crippen LogP contribution in [0.2, 0.25) is 0 Å². The summed E-state index contributed by atoms with van der Waals surface area (Å²) in [4.78, 5) is 38.0. The van der Waals surface area contributed by atoms with Crippen molar-refractivity contribution < 1.29 is 42.1 Å². The van der Waals surface area contributed by atoms with Crippen molar-refractivity contribution >= 4 is 19.8 Å². The van der Waals surface area contributed by atoms with Crippen LogP contribution in [0.3, 0.4) is 0 Å². The van der Waals surface area contributed by atoms with E-state index in [1.165, 1.54) is 109 Å². The Hall–Kier alpha value is -3.85. The molecule has 0 N–H and O–H groups in total. The number of carbonyl (C=O) groups is 2. The van der Waals surface area contributed by atoms with Crippen molar-refractivity contribution in [3.63, 3.8) is 0 Å². The minimum Gasteiger partial charge on any atom is -0.756 e. The summed E-state index contributed by atoms with van der Waals surface area (Å²) in [5.41, 5.74) is 0. The second kappa shape index (κ2) is 59.8. The minimum atomic E-state index is -4.66. The fourth-order valence-electron chi connectivity index (χ4n) is 8.27. The van der Waals surface area contributed by atoms with Gasteiger partial charge in [-0.3, -0.25) is 14.2 Å². The summed E-state index contributed by atoms with van der Waals surface area (Å²) < 4.78 is 34.2. The first-order valence-corrected chi connectivity index (χ1v) is 33.4. The summed E-state index contributed by atoms with van der Waals surface area (Å²) in [5, 5.41) is 0. The number of hydrogen-bond donors (Lipinski definition) is 0. The Morgan fingerprint density at radius 3 is 1.07 bits per heavy atom. The Kier molecular flexibility index (Phi) is 56.9. The van der Waals surface area contributed by atoms with E-state index in [-0.39, 0.29) is 26.1 Å². The number of nitrogens with zero attached hydrogens (tertiary/aromatic N) is 1. The molecule has 9 nitrogen and oxygen atoms in total. The van der Waals surface area contributed by atoms with Crippen LogP contribution in [-0.2, 0) is 32.7 Å². The maximum absolute atomic E-state index is 12.8. The molecule has 0 saturated carbocycles. The number of esters is 2. The molecule has 10 heteroatoms. The molecule has 2 atom stereocenters. The summed E-state index contributed by atoms with van der Waals surface area (Å²) in [6.45, 7) is 4.07. The second-order valence-electron chi connectivity index (χ2n) is 22.0. The average molecular weight is 1130 g/mol. The van der Waals surface area contributed by atoms with E-state index in [0.29, 0.717) is 17.4 Å². The van der Waals surface area contributed by atoms with Gasteiger partial charge in [0, 0.05) is 12.8 Å². The standard InChI is InChI=1S/C70H118NO8P/c1-6-8-10-12-14-16-18-20-22-24-26-28-30-32-33-34-35-36-37-39-41-43-45-47-49-51-53-55-57-59-61-63-70(73)79-68(67-78-80(74,75)77-65-64-71(3,4)5)66-76-69(72)62-60-58-56-54-52-50-48-46-44-42-40-38-31-29-27-25-23-21-19-17-15-13-11-9-7-2/h8,10,14,16,19-22,25-28,32-33,35-36,39,41,45,47,51,53,68H,6-7,9,11-13,15,17-18,23-24,29-31,34,37-38,40,42-44,46,48-50,52,54-67H2,1-5H3/b10-8-,16-14-,21-19-,22-20-,27-25-,28-26-,33-32-,36-35-,41-39-,47-45-,53-51-. The molecule has 2 unspecified atom stereocenters. The second-order valence-corrected chi connectivity index (χ2v) is 23.4. The molecule has 0 bridgehead atoms. The molecule has 0 aromatic heterocycles. The third-order valence-electron chi connectivity index (χ3n) is 13.2. The summed E-state index contributed by atoms with van der Waals surface area (Å²) in [5.74, 6) is -0.878. The highest BCUT2D eigenvalue weighted by Crippen LogP contribution is 2.38. The van der Waals surface area contributed by atoms with E-state index < -0.39 is 32.5 Å². The number of rotatable bonds is 57. The van der Waals surface area contributed by atoms with Crippen LogP contribution in [0.15, 0.2) is 134 Å². The topological polar surface area (TPSA) is 111 Å². The molecule has 0 aliphatic carbocycles. The predicted octanol–water partition coefficient (Wildman–Crippen LogP) is 19.9. The Morgan fingerprint density at radius 1 is 0.400 bits per heavy atom. The van der Waals surface area contributed by atoms with Crippen molar-refractivity contribution in [2.24, 2.45) is 0 Å². The summed E-state index contributed by atoms with van der Waals surface area (Å²) in [6, 6.07) is 0. The molecule has 0 rings (SSSR count). The third-order valence-corrected chi connectivity index (χ3v) is 14.1. The fraction of sp³-hybridized carbons (Fsp3) is 0.657. The molecule has 0 aromatic rings. The lowest BCUT2D eigenvalue weighted by molar-refractivity contribution is -0.870. The van der Waals surface area contributed by atoms with Crippen LogP contribution in [0.25, 0.3) is 0 Å². The van der Waals surface area contributed by atoms with Crippen LogP contribution < -0.4 is 4.89 Å². The molecule has 0 aromatic carbocycles. The van der Waals surface area contributed by atoms with Gasteiger partial charge in [-0.2, -0.15) is 0 Å². The Morgan fingerprint density at radius 2 is 0.713 bits per heavy atom. The molecule has 0 aliphatic rings. The molecule has 0 fully saturated rings. The first-order valence-electron chi connectivity index (χ1n) is 31.9. The highest BCUT2D eigenvalue weighted by molar-refractivity contribution is 7.45. The van der Waals surface area contributed by atoms with Gasteiger partial charge >= 0.3 is 11.9 Å².